The summed E-state index contributed by atoms with van der Waals surface area (Å²) in [5.74, 6) is 2.28. The normalized spacial score (nSPS) is 10.9. The van der Waals surface area contributed by atoms with E-state index in [1.54, 1.807) is 12.1 Å². The Labute approximate surface area is 120 Å². The summed E-state index contributed by atoms with van der Waals surface area (Å²) in [7, 11) is 0. The highest BCUT2D eigenvalue weighted by molar-refractivity contribution is 5.88. The Kier molecular flexibility index (Phi) is 5.15. The summed E-state index contributed by atoms with van der Waals surface area (Å²) in [5.41, 5.74) is 0.789. The number of aromatic nitrogens is 1. The largest absolute Gasteiger partial charge is 0.478 e. The molecule has 1 aromatic heterocycles. The van der Waals surface area contributed by atoms with Gasteiger partial charge in [-0.1, -0.05) is 33.6 Å². The quantitative estimate of drug-likeness (QED) is 0.839. The van der Waals surface area contributed by atoms with Gasteiger partial charge in [-0.25, -0.2) is 9.78 Å². The third-order valence-electron chi connectivity index (χ3n) is 2.93. The van der Waals surface area contributed by atoms with Crippen molar-refractivity contribution in [1.82, 2.24) is 4.98 Å². The Morgan fingerprint density at radius 1 is 1.45 bits per heavy atom. The van der Waals surface area contributed by atoms with E-state index < -0.39 is 5.97 Å². The van der Waals surface area contributed by atoms with Crippen LogP contribution in [-0.2, 0) is 5.41 Å². The molecule has 0 saturated heterocycles. The maximum Gasteiger partial charge on any atom is 0.335 e. The van der Waals surface area contributed by atoms with Crippen molar-refractivity contribution < 1.29 is 9.90 Å². The third-order valence-corrected chi connectivity index (χ3v) is 2.93. The first-order chi connectivity index (χ1) is 9.29. The topological polar surface area (TPSA) is 53.4 Å². The molecular weight excluding hydrogens is 252 g/mol. The zero-order chi connectivity index (χ0) is 15.3. The van der Waals surface area contributed by atoms with Crippen molar-refractivity contribution in [3.63, 3.8) is 0 Å². The molecule has 0 fully saturated rings. The molecule has 0 spiro atoms. The zero-order valence-corrected chi connectivity index (χ0v) is 12.6. The molecule has 4 nitrogen and oxygen atoms in total. The van der Waals surface area contributed by atoms with Crippen LogP contribution in [0, 0.1) is 12.3 Å². The summed E-state index contributed by atoms with van der Waals surface area (Å²) in [5, 5.41) is 9.25. The van der Waals surface area contributed by atoms with Gasteiger partial charge < -0.3 is 10.0 Å². The lowest BCUT2D eigenvalue weighted by Gasteiger charge is -2.25. The second-order valence-corrected chi connectivity index (χ2v) is 5.78. The molecule has 4 heteroatoms. The smallest absolute Gasteiger partial charge is 0.335 e. The Morgan fingerprint density at radius 2 is 2.10 bits per heavy atom. The van der Waals surface area contributed by atoms with Crippen LogP contribution in [0.4, 0.5) is 5.82 Å². The van der Waals surface area contributed by atoms with E-state index in [9.17, 15) is 9.90 Å². The molecule has 1 N–H and O–H groups in total. The summed E-state index contributed by atoms with van der Waals surface area (Å²) >= 11 is 0. The predicted molar refractivity (Wildman–Crippen MR) is 81.2 cm³/mol. The fourth-order valence-corrected chi connectivity index (χ4v) is 1.84. The molecule has 0 amide bonds. The molecule has 0 unspecified atom stereocenters. The van der Waals surface area contributed by atoms with Gasteiger partial charge in [0.1, 0.15) is 5.82 Å². The molecule has 0 aliphatic rings. The molecule has 20 heavy (non-hydrogen) atoms. The summed E-state index contributed by atoms with van der Waals surface area (Å²) in [6, 6.07) is 3.22. The Bertz CT molecular complexity index is 524. The van der Waals surface area contributed by atoms with Crippen molar-refractivity contribution >= 4 is 11.8 Å². The average Bonchev–Trinajstić information content (AvgIpc) is 2.37. The molecule has 0 radical (unpaired) electrons. The van der Waals surface area contributed by atoms with E-state index in [4.69, 9.17) is 6.42 Å². The number of aromatic carboxylic acids is 1. The van der Waals surface area contributed by atoms with Gasteiger partial charge in [0.05, 0.1) is 12.1 Å². The van der Waals surface area contributed by atoms with E-state index in [1.165, 1.54) is 0 Å². The second kappa shape index (κ2) is 6.42. The SMILES string of the molecule is C#CCN(CCC)c1cc(C(=O)O)cc(C(C)(C)C)n1. The summed E-state index contributed by atoms with van der Waals surface area (Å²) in [6.07, 6.45) is 6.31. The van der Waals surface area contributed by atoms with Crippen LogP contribution in [-0.4, -0.2) is 29.1 Å². The summed E-state index contributed by atoms with van der Waals surface area (Å²) in [4.78, 5) is 17.8. The van der Waals surface area contributed by atoms with Crippen molar-refractivity contribution in [2.24, 2.45) is 0 Å². The van der Waals surface area contributed by atoms with E-state index >= 15 is 0 Å². The average molecular weight is 274 g/mol. The van der Waals surface area contributed by atoms with E-state index in [-0.39, 0.29) is 11.0 Å². The lowest BCUT2D eigenvalue weighted by atomic mass is 9.90. The van der Waals surface area contributed by atoms with Crippen LogP contribution in [0.2, 0.25) is 0 Å². The minimum Gasteiger partial charge on any atom is -0.478 e. The number of terminal acetylenes is 1. The van der Waals surface area contributed by atoms with Gasteiger partial charge in [-0.15, -0.1) is 6.42 Å². The molecule has 1 aromatic rings. The number of carboxylic acids is 1. The lowest BCUT2D eigenvalue weighted by molar-refractivity contribution is 0.0696. The molecule has 1 heterocycles. The van der Waals surface area contributed by atoms with Gasteiger partial charge in [-0.2, -0.15) is 0 Å². The van der Waals surface area contributed by atoms with Crippen molar-refractivity contribution in [2.75, 3.05) is 18.0 Å². The first-order valence-corrected chi connectivity index (χ1v) is 6.74. The number of carbonyl (C=O) groups is 1. The number of rotatable bonds is 5. The highest BCUT2D eigenvalue weighted by Crippen LogP contribution is 2.25. The van der Waals surface area contributed by atoms with E-state index in [1.807, 2.05) is 25.7 Å². The molecule has 0 aliphatic heterocycles. The van der Waals surface area contributed by atoms with Gasteiger partial charge in [0.25, 0.3) is 0 Å². The van der Waals surface area contributed by atoms with E-state index in [2.05, 4.69) is 17.8 Å². The highest BCUT2D eigenvalue weighted by atomic mass is 16.4. The fourth-order valence-electron chi connectivity index (χ4n) is 1.84. The summed E-state index contributed by atoms with van der Waals surface area (Å²) < 4.78 is 0. The zero-order valence-electron chi connectivity index (χ0n) is 12.6. The molecule has 0 aromatic carbocycles. The number of carboxylic acid groups (broad SMARTS) is 1. The molecule has 0 bridgehead atoms. The monoisotopic (exact) mass is 274 g/mol. The van der Waals surface area contributed by atoms with E-state index in [0.717, 1.165) is 18.7 Å². The van der Waals surface area contributed by atoms with Crippen molar-refractivity contribution in [2.45, 2.75) is 39.5 Å². The van der Waals surface area contributed by atoms with Gasteiger partial charge in [0.15, 0.2) is 0 Å². The maximum absolute atomic E-state index is 11.3. The minimum absolute atomic E-state index is 0.214. The lowest BCUT2D eigenvalue weighted by Crippen LogP contribution is -2.27. The van der Waals surface area contributed by atoms with E-state index in [0.29, 0.717) is 12.4 Å². The fraction of sp³-hybridized carbons (Fsp3) is 0.500. The Balaban J connectivity index is 3.34. The molecule has 0 atom stereocenters. The van der Waals surface area contributed by atoms with Gasteiger partial charge in [0, 0.05) is 17.7 Å². The van der Waals surface area contributed by atoms with Crippen LogP contribution in [0.15, 0.2) is 12.1 Å². The first-order valence-electron chi connectivity index (χ1n) is 6.74. The Hall–Kier alpha value is -2.02. The second-order valence-electron chi connectivity index (χ2n) is 5.78. The Morgan fingerprint density at radius 3 is 2.55 bits per heavy atom. The highest BCUT2D eigenvalue weighted by Gasteiger charge is 2.20. The third kappa shape index (κ3) is 3.99. The first kappa shape index (κ1) is 16.0. The van der Waals surface area contributed by atoms with Crippen molar-refractivity contribution in [3.05, 3.63) is 23.4 Å². The number of pyridine rings is 1. The number of nitrogens with zero attached hydrogens (tertiary/aromatic N) is 2. The molecular formula is C16H22N2O2. The van der Waals surface area contributed by atoms with Gasteiger partial charge >= 0.3 is 5.97 Å². The summed E-state index contributed by atoms with van der Waals surface area (Å²) in [6.45, 7) is 9.26. The van der Waals surface area contributed by atoms with Crippen LogP contribution < -0.4 is 4.90 Å². The predicted octanol–water partition coefficient (Wildman–Crippen LogP) is 2.93. The van der Waals surface area contributed by atoms with Crippen LogP contribution in [0.25, 0.3) is 0 Å². The molecule has 108 valence electrons. The molecule has 0 saturated carbocycles. The number of anilines is 1. The number of hydrogen-bond acceptors (Lipinski definition) is 3. The standard InChI is InChI=1S/C16H22N2O2/c1-6-8-18(9-7-2)14-11-12(15(19)20)10-13(17-14)16(3,4)5/h1,10-11H,7-9H2,2-5H3,(H,19,20). The van der Waals surface area contributed by atoms with Crippen LogP contribution in [0.1, 0.15) is 50.2 Å². The minimum atomic E-state index is -0.948. The van der Waals surface area contributed by atoms with Gasteiger partial charge in [-0.05, 0) is 18.6 Å². The van der Waals surface area contributed by atoms with Crippen LogP contribution >= 0.6 is 0 Å². The molecule has 0 aliphatic carbocycles. The van der Waals surface area contributed by atoms with Crippen molar-refractivity contribution in [3.8, 4) is 12.3 Å². The van der Waals surface area contributed by atoms with Crippen LogP contribution in [0.3, 0.4) is 0 Å². The maximum atomic E-state index is 11.3. The van der Waals surface area contributed by atoms with Gasteiger partial charge in [0.2, 0.25) is 0 Å². The van der Waals surface area contributed by atoms with Crippen molar-refractivity contribution in [1.29, 1.82) is 0 Å². The van der Waals surface area contributed by atoms with Gasteiger partial charge in [-0.3, -0.25) is 0 Å². The number of hydrogen-bond donors (Lipinski definition) is 1. The molecule has 1 rings (SSSR count). The van der Waals surface area contributed by atoms with Crippen LogP contribution in [0.5, 0.6) is 0 Å².